The lowest BCUT2D eigenvalue weighted by molar-refractivity contribution is 0.124. The summed E-state index contributed by atoms with van der Waals surface area (Å²) in [6, 6.07) is 8.92. The molecule has 0 heterocycles. The van der Waals surface area contributed by atoms with Gasteiger partial charge in [-0.2, -0.15) is 0 Å². The molecule has 5 nitrogen and oxygen atoms in total. The van der Waals surface area contributed by atoms with E-state index in [1.807, 2.05) is 18.2 Å². The minimum absolute atomic E-state index is 0.123. The zero-order chi connectivity index (χ0) is 17.0. The summed E-state index contributed by atoms with van der Waals surface area (Å²) in [7, 11) is 6.28. The van der Waals surface area contributed by atoms with Crippen molar-refractivity contribution in [2.75, 3.05) is 37.9 Å². The highest BCUT2D eigenvalue weighted by molar-refractivity contribution is 5.89. The van der Waals surface area contributed by atoms with Gasteiger partial charge in [-0.05, 0) is 64.9 Å². The highest BCUT2D eigenvalue weighted by Crippen LogP contribution is 2.29. The second-order valence-corrected chi connectivity index (χ2v) is 7.04. The summed E-state index contributed by atoms with van der Waals surface area (Å²) in [5, 5.41) is 5.91. The third kappa shape index (κ3) is 4.86. The summed E-state index contributed by atoms with van der Waals surface area (Å²) < 4.78 is 0. The molecule has 0 radical (unpaired) electrons. The van der Waals surface area contributed by atoms with Crippen LogP contribution in [0.25, 0.3) is 0 Å². The van der Waals surface area contributed by atoms with Gasteiger partial charge >= 0.3 is 6.03 Å². The molecule has 2 rings (SSSR count). The number of anilines is 2. The molecule has 5 heteroatoms. The molecule has 0 spiro atoms. The van der Waals surface area contributed by atoms with E-state index < -0.39 is 0 Å². The second kappa shape index (κ2) is 7.68. The minimum atomic E-state index is -0.123. The molecule has 1 aliphatic carbocycles. The Hall–Kier alpha value is -1.75. The van der Waals surface area contributed by atoms with E-state index in [0.29, 0.717) is 18.0 Å². The van der Waals surface area contributed by atoms with Crippen LogP contribution in [0.1, 0.15) is 26.7 Å². The van der Waals surface area contributed by atoms with Crippen LogP contribution in [0, 0.1) is 5.92 Å². The summed E-state index contributed by atoms with van der Waals surface area (Å²) >= 11 is 0. The van der Waals surface area contributed by atoms with Gasteiger partial charge in [-0.1, -0.05) is 6.07 Å². The number of carbonyl (C=O) groups is 1. The zero-order valence-corrected chi connectivity index (χ0v) is 15.0. The van der Waals surface area contributed by atoms with Crippen molar-refractivity contribution < 1.29 is 4.79 Å². The molecule has 128 valence electrons. The molecule has 1 aliphatic rings. The van der Waals surface area contributed by atoms with E-state index in [0.717, 1.165) is 17.9 Å². The van der Waals surface area contributed by atoms with Crippen LogP contribution in [0.2, 0.25) is 0 Å². The van der Waals surface area contributed by atoms with Crippen molar-refractivity contribution in [3.05, 3.63) is 24.3 Å². The summed E-state index contributed by atoms with van der Waals surface area (Å²) in [6.45, 7) is 5.04. The average molecular weight is 318 g/mol. The van der Waals surface area contributed by atoms with E-state index in [1.165, 1.54) is 12.8 Å². The van der Waals surface area contributed by atoms with E-state index in [4.69, 9.17) is 0 Å². The summed E-state index contributed by atoms with van der Waals surface area (Å²) in [6.07, 6.45) is 2.34. The van der Waals surface area contributed by atoms with E-state index in [9.17, 15) is 4.79 Å². The molecule has 1 fully saturated rings. The molecule has 1 aromatic rings. The molecule has 0 aliphatic heterocycles. The van der Waals surface area contributed by atoms with Gasteiger partial charge in [0.1, 0.15) is 0 Å². The third-order valence-corrected chi connectivity index (χ3v) is 4.78. The molecule has 2 N–H and O–H groups in total. The maximum absolute atomic E-state index is 12.0. The zero-order valence-electron chi connectivity index (χ0n) is 15.0. The minimum Gasteiger partial charge on any atom is -0.372 e. The SMILES string of the molecule is CC(C)N(C)c1cccc(NC(=O)NCC2CC(N(C)C)C2)c1. The number of carbonyl (C=O) groups excluding carboxylic acids is 1. The van der Waals surface area contributed by atoms with Crippen LogP contribution in [-0.4, -0.2) is 50.7 Å². The van der Waals surface area contributed by atoms with E-state index >= 15 is 0 Å². The maximum atomic E-state index is 12.0. The lowest BCUT2D eigenvalue weighted by Crippen LogP contribution is -2.45. The van der Waals surface area contributed by atoms with E-state index in [1.54, 1.807) is 0 Å². The smallest absolute Gasteiger partial charge is 0.319 e. The van der Waals surface area contributed by atoms with Gasteiger partial charge in [0.15, 0.2) is 0 Å². The first-order chi connectivity index (χ1) is 10.9. The van der Waals surface area contributed by atoms with Gasteiger partial charge in [-0.15, -0.1) is 0 Å². The van der Waals surface area contributed by atoms with Crippen LogP contribution < -0.4 is 15.5 Å². The number of rotatable bonds is 6. The average Bonchev–Trinajstić information content (AvgIpc) is 2.44. The first kappa shape index (κ1) is 17.6. The van der Waals surface area contributed by atoms with Crippen LogP contribution in [0.15, 0.2) is 24.3 Å². The molecule has 2 amide bonds. The Kier molecular flexibility index (Phi) is 5.88. The fourth-order valence-corrected chi connectivity index (χ4v) is 2.80. The van der Waals surface area contributed by atoms with Crippen LogP contribution in [0.5, 0.6) is 0 Å². The Labute approximate surface area is 140 Å². The number of nitrogens with one attached hydrogen (secondary N) is 2. The lowest BCUT2D eigenvalue weighted by Gasteiger charge is -2.39. The Balaban J connectivity index is 1.78. The lowest BCUT2D eigenvalue weighted by atomic mass is 9.79. The van der Waals surface area contributed by atoms with Crippen LogP contribution >= 0.6 is 0 Å². The van der Waals surface area contributed by atoms with Crippen molar-refractivity contribution >= 4 is 17.4 Å². The molecule has 1 aromatic carbocycles. The second-order valence-electron chi connectivity index (χ2n) is 7.04. The number of hydrogen-bond donors (Lipinski definition) is 2. The molecule has 0 unspecified atom stereocenters. The fourth-order valence-electron chi connectivity index (χ4n) is 2.80. The predicted molar refractivity (Wildman–Crippen MR) is 97.2 cm³/mol. The van der Waals surface area contributed by atoms with Gasteiger partial charge in [0.05, 0.1) is 0 Å². The standard InChI is InChI=1S/C18H30N4O/c1-13(2)22(5)16-8-6-7-15(11-16)20-18(23)19-12-14-9-17(10-14)21(3)4/h6-8,11,13-14,17H,9-10,12H2,1-5H3,(H2,19,20,23). The number of hydrogen-bond acceptors (Lipinski definition) is 3. The normalized spacial score (nSPS) is 20.3. The van der Waals surface area contributed by atoms with Crippen LogP contribution in [-0.2, 0) is 0 Å². The van der Waals surface area contributed by atoms with Crippen molar-refractivity contribution in [1.29, 1.82) is 0 Å². The van der Waals surface area contributed by atoms with E-state index in [2.05, 4.69) is 61.5 Å². The molecular weight excluding hydrogens is 288 g/mol. The molecule has 23 heavy (non-hydrogen) atoms. The van der Waals surface area contributed by atoms with Crippen molar-refractivity contribution in [1.82, 2.24) is 10.2 Å². The van der Waals surface area contributed by atoms with Gasteiger partial charge in [0.25, 0.3) is 0 Å². The molecule has 0 saturated heterocycles. The number of amides is 2. The molecule has 0 bridgehead atoms. The van der Waals surface area contributed by atoms with Gasteiger partial charge < -0.3 is 20.4 Å². The number of benzene rings is 1. The number of nitrogens with zero attached hydrogens (tertiary/aromatic N) is 2. The highest BCUT2D eigenvalue weighted by Gasteiger charge is 2.30. The van der Waals surface area contributed by atoms with Crippen molar-refractivity contribution in [2.24, 2.45) is 5.92 Å². The van der Waals surface area contributed by atoms with Gasteiger partial charge in [0, 0.05) is 37.1 Å². The molecule has 0 aromatic heterocycles. The first-order valence-electron chi connectivity index (χ1n) is 8.41. The van der Waals surface area contributed by atoms with Gasteiger partial charge in [0.2, 0.25) is 0 Å². The predicted octanol–water partition coefficient (Wildman–Crippen LogP) is 2.99. The molecular formula is C18H30N4O. The quantitative estimate of drug-likeness (QED) is 0.848. The Bertz CT molecular complexity index is 524. The van der Waals surface area contributed by atoms with Crippen molar-refractivity contribution in [3.8, 4) is 0 Å². The molecule has 0 atom stereocenters. The largest absolute Gasteiger partial charge is 0.372 e. The van der Waals surface area contributed by atoms with Gasteiger partial charge in [-0.3, -0.25) is 0 Å². The fraction of sp³-hybridized carbons (Fsp3) is 0.611. The summed E-state index contributed by atoms with van der Waals surface area (Å²) in [4.78, 5) is 16.5. The monoisotopic (exact) mass is 318 g/mol. The maximum Gasteiger partial charge on any atom is 0.319 e. The van der Waals surface area contributed by atoms with Crippen molar-refractivity contribution in [3.63, 3.8) is 0 Å². The number of urea groups is 1. The van der Waals surface area contributed by atoms with Gasteiger partial charge in [-0.25, -0.2) is 4.79 Å². The summed E-state index contributed by atoms with van der Waals surface area (Å²) in [5.74, 6) is 0.603. The van der Waals surface area contributed by atoms with Crippen LogP contribution in [0.4, 0.5) is 16.2 Å². The Morgan fingerprint density at radius 2 is 1.96 bits per heavy atom. The Morgan fingerprint density at radius 3 is 2.57 bits per heavy atom. The Morgan fingerprint density at radius 1 is 1.26 bits per heavy atom. The van der Waals surface area contributed by atoms with Crippen LogP contribution in [0.3, 0.4) is 0 Å². The molecule has 1 saturated carbocycles. The van der Waals surface area contributed by atoms with E-state index in [-0.39, 0.29) is 6.03 Å². The van der Waals surface area contributed by atoms with Crippen molar-refractivity contribution in [2.45, 2.75) is 38.8 Å². The highest BCUT2D eigenvalue weighted by atomic mass is 16.2. The summed E-state index contributed by atoms with van der Waals surface area (Å²) in [5.41, 5.74) is 1.93. The third-order valence-electron chi connectivity index (χ3n) is 4.78. The topological polar surface area (TPSA) is 47.6 Å². The first-order valence-corrected chi connectivity index (χ1v) is 8.41.